The lowest BCUT2D eigenvalue weighted by atomic mass is 9.99. The summed E-state index contributed by atoms with van der Waals surface area (Å²) in [4.78, 5) is 12.8. The van der Waals surface area contributed by atoms with Gasteiger partial charge in [0.2, 0.25) is 0 Å². The molecule has 6 unspecified atom stereocenters. The quantitative estimate of drug-likeness (QED) is 0.0201. The van der Waals surface area contributed by atoms with Crippen LogP contribution in [0.3, 0.4) is 0 Å². The summed E-state index contributed by atoms with van der Waals surface area (Å²) in [5.41, 5.74) is 0. The zero-order chi connectivity index (χ0) is 41.8. The minimum absolute atomic E-state index is 0.0264. The van der Waals surface area contributed by atoms with Crippen LogP contribution in [0, 0.1) is 0 Å². The smallest absolute Gasteiger partial charge is 0.397 e. The fraction of sp³-hybridized carbons (Fsp3) is 0.841. The number of carbonyl (C=O) groups excluding carboxylic acids is 1. The van der Waals surface area contributed by atoms with Crippen molar-refractivity contribution >= 4 is 16.4 Å². The van der Waals surface area contributed by atoms with Gasteiger partial charge in [0, 0.05) is 13.0 Å². The summed E-state index contributed by atoms with van der Waals surface area (Å²) < 4.78 is 59.0. The number of unbranched alkanes of at least 4 members (excludes halogenated alkanes) is 19. The van der Waals surface area contributed by atoms with Crippen LogP contribution >= 0.6 is 0 Å². The Labute approximate surface area is 345 Å². The Balaban J connectivity index is 2.46. The van der Waals surface area contributed by atoms with Crippen molar-refractivity contribution in [3.8, 4) is 0 Å². The average Bonchev–Trinajstić information content (AvgIpc) is 3.18. The van der Waals surface area contributed by atoms with Crippen LogP contribution in [-0.4, -0.2) is 97.5 Å². The maximum atomic E-state index is 12.8. The molecule has 0 bridgehead atoms. The number of allylic oxidation sites excluding steroid dienone is 6. The first-order valence-corrected chi connectivity index (χ1v) is 23.6. The molecule has 334 valence electrons. The van der Waals surface area contributed by atoms with E-state index in [9.17, 15) is 28.5 Å². The maximum absolute atomic E-state index is 12.8. The number of hydrogen-bond donors (Lipinski definition) is 4. The van der Waals surface area contributed by atoms with E-state index in [-0.39, 0.29) is 19.6 Å². The summed E-state index contributed by atoms with van der Waals surface area (Å²) in [7, 11) is -5.06. The molecule has 1 aliphatic rings. The molecule has 1 heterocycles. The lowest BCUT2D eigenvalue weighted by Crippen LogP contribution is -2.60. The van der Waals surface area contributed by atoms with Crippen LogP contribution in [0.25, 0.3) is 0 Å². The van der Waals surface area contributed by atoms with E-state index in [1.54, 1.807) is 0 Å². The van der Waals surface area contributed by atoms with Crippen LogP contribution in [0.2, 0.25) is 0 Å². The topological polar surface area (TPSA) is 178 Å². The molecule has 1 rings (SSSR count). The van der Waals surface area contributed by atoms with Crippen molar-refractivity contribution in [2.24, 2.45) is 0 Å². The Hall–Kier alpha value is -1.68. The number of esters is 1. The Bertz CT molecular complexity index is 1140. The third-order valence-corrected chi connectivity index (χ3v) is 10.5. The summed E-state index contributed by atoms with van der Waals surface area (Å²) in [6.45, 7) is 3.92. The minimum Gasteiger partial charge on any atom is -0.457 e. The van der Waals surface area contributed by atoms with E-state index in [2.05, 4.69) is 54.5 Å². The highest BCUT2D eigenvalue weighted by Crippen LogP contribution is 2.26. The number of hydrogen-bond acceptors (Lipinski definition) is 11. The number of rotatable bonds is 38. The minimum atomic E-state index is -5.06. The Morgan fingerprint density at radius 2 is 1.16 bits per heavy atom. The van der Waals surface area contributed by atoms with Crippen molar-refractivity contribution in [1.29, 1.82) is 0 Å². The van der Waals surface area contributed by atoms with Gasteiger partial charge < -0.3 is 34.3 Å². The summed E-state index contributed by atoms with van der Waals surface area (Å²) in [6.07, 6.45) is 31.7. The molecule has 0 radical (unpaired) electrons. The van der Waals surface area contributed by atoms with Gasteiger partial charge in [-0.05, 0) is 70.6 Å². The Morgan fingerprint density at radius 1 is 0.667 bits per heavy atom. The van der Waals surface area contributed by atoms with E-state index in [1.165, 1.54) is 77.0 Å². The molecule has 0 aliphatic carbocycles. The normalized spacial score (nSPS) is 21.0. The first-order chi connectivity index (χ1) is 27.6. The first kappa shape index (κ1) is 53.3. The van der Waals surface area contributed by atoms with Crippen molar-refractivity contribution in [3.63, 3.8) is 0 Å². The molecular formula is C44H80O12S. The molecule has 1 fully saturated rings. The lowest BCUT2D eigenvalue weighted by molar-refractivity contribution is -0.301. The van der Waals surface area contributed by atoms with Crippen LogP contribution in [0.5, 0.6) is 0 Å². The molecule has 6 atom stereocenters. The monoisotopic (exact) mass is 833 g/mol. The fourth-order valence-electron chi connectivity index (χ4n) is 6.58. The van der Waals surface area contributed by atoms with Crippen LogP contribution in [0.4, 0.5) is 0 Å². The van der Waals surface area contributed by atoms with Crippen molar-refractivity contribution in [2.75, 3.05) is 26.4 Å². The zero-order valence-corrected chi connectivity index (χ0v) is 36.2. The van der Waals surface area contributed by atoms with Crippen LogP contribution in [0.1, 0.15) is 174 Å². The molecule has 0 spiro atoms. The highest BCUT2D eigenvalue weighted by Gasteiger charge is 2.48. The molecule has 0 aromatic heterocycles. The second-order valence-electron chi connectivity index (χ2n) is 15.3. The van der Waals surface area contributed by atoms with Crippen molar-refractivity contribution in [2.45, 2.75) is 211 Å². The number of aliphatic hydroxyl groups excluding tert-OH is 3. The largest absolute Gasteiger partial charge is 0.457 e. The number of ether oxygens (including phenoxy) is 4. The van der Waals surface area contributed by atoms with Gasteiger partial charge in [0.1, 0.15) is 30.5 Å². The zero-order valence-electron chi connectivity index (χ0n) is 35.4. The molecule has 0 aromatic carbocycles. The predicted octanol–water partition coefficient (Wildman–Crippen LogP) is 9.02. The Kier molecular flexibility index (Phi) is 33.9. The second kappa shape index (κ2) is 36.2. The molecule has 1 saturated heterocycles. The lowest BCUT2D eigenvalue weighted by Gasteiger charge is -2.41. The van der Waals surface area contributed by atoms with Gasteiger partial charge in [-0.3, -0.25) is 9.35 Å². The molecule has 0 saturated carbocycles. The van der Waals surface area contributed by atoms with E-state index in [0.29, 0.717) is 13.0 Å². The third-order valence-electron chi connectivity index (χ3n) is 9.98. The molecule has 1 aliphatic heterocycles. The highest BCUT2D eigenvalue weighted by molar-refractivity contribution is 7.80. The van der Waals surface area contributed by atoms with Crippen LogP contribution < -0.4 is 0 Å². The van der Waals surface area contributed by atoms with Crippen molar-refractivity contribution < 1.29 is 56.2 Å². The van der Waals surface area contributed by atoms with Gasteiger partial charge in [-0.15, -0.1) is 0 Å². The third kappa shape index (κ3) is 30.1. The second-order valence-corrected chi connectivity index (χ2v) is 16.3. The average molecular weight is 833 g/mol. The van der Waals surface area contributed by atoms with Crippen LogP contribution in [0.15, 0.2) is 36.5 Å². The van der Waals surface area contributed by atoms with Gasteiger partial charge in [-0.25, -0.2) is 4.18 Å². The summed E-state index contributed by atoms with van der Waals surface area (Å²) in [5.74, 6) is -0.416. The predicted molar refractivity (Wildman–Crippen MR) is 225 cm³/mol. The molecule has 0 amide bonds. The standard InChI is InChI=1S/C44H80O12S/c1-3-5-7-9-11-13-15-17-19-20-21-23-25-27-29-31-33-40(46)54-38(36-52-34-32-30-28-26-24-22-18-16-14-12-10-8-6-4-2)37-53-44-42(48)43(56-57(49,50)51)41(47)39(35-45)55-44/h13-16,19-20,38-39,41-45,47-48H,3-12,17-18,21-37H2,1-2H3,(H,49,50,51)/b15-13-,16-14-,20-19-. The highest BCUT2D eigenvalue weighted by atomic mass is 32.3. The van der Waals surface area contributed by atoms with E-state index in [0.717, 1.165) is 70.6 Å². The molecule has 13 heteroatoms. The van der Waals surface area contributed by atoms with E-state index < -0.39 is 59.8 Å². The number of aliphatic hydroxyl groups is 3. The van der Waals surface area contributed by atoms with Gasteiger partial charge in [0.05, 0.1) is 19.8 Å². The fourth-order valence-corrected chi connectivity index (χ4v) is 7.09. The first-order valence-electron chi connectivity index (χ1n) is 22.2. The van der Waals surface area contributed by atoms with Gasteiger partial charge in [0.25, 0.3) is 0 Å². The van der Waals surface area contributed by atoms with Crippen molar-refractivity contribution in [3.05, 3.63) is 36.5 Å². The van der Waals surface area contributed by atoms with Gasteiger partial charge in [-0.1, -0.05) is 134 Å². The number of carbonyl (C=O) groups is 1. The van der Waals surface area contributed by atoms with E-state index >= 15 is 0 Å². The summed E-state index contributed by atoms with van der Waals surface area (Å²) in [5, 5.41) is 30.6. The molecule has 4 N–H and O–H groups in total. The maximum Gasteiger partial charge on any atom is 0.397 e. The SMILES string of the molecule is CCCCCC/C=C\C/C=C\CCCCCCCC(=O)OC(COCCCCCCCC/C=C\CCCCCC)COC1OC(CO)C(O)C(OS(=O)(=O)O)C1O. The molecular weight excluding hydrogens is 753 g/mol. The van der Waals surface area contributed by atoms with Crippen molar-refractivity contribution in [1.82, 2.24) is 0 Å². The summed E-state index contributed by atoms with van der Waals surface area (Å²) >= 11 is 0. The molecule has 12 nitrogen and oxygen atoms in total. The summed E-state index contributed by atoms with van der Waals surface area (Å²) in [6, 6.07) is 0. The van der Waals surface area contributed by atoms with E-state index in [1.807, 2.05) is 0 Å². The van der Waals surface area contributed by atoms with E-state index in [4.69, 9.17) is 23.5 Å². The molecule has 0 aromatic rings. The van der Waals surface area contributed by atoms with Gasteiger partial charge >= 0.3 is 16.4 Å². The molecule has 57 heavy (non-hydrogen) atoms. The van der Waals surface area contributed by atoms with Crippen LogP contribution in [-0.2, 0) is 38.3 Å². The van der Waals surface area contributed by atoms with Gasteiger partial charge in [0.15, 0.2) is 6.29 Å². The van der Waals surface area contributed by atoms with Gasteiger partial charge in [-0.2, -0.15) is 8.42 Å². The Morgan fingerprint density at radius 3 is 1.68 bits per heavy atom.